The quantitative estimate of drug-likeness (QED) is 0.865. The Morgan fingerprint density at radius 3 is 2.90 bits per heavy atom. The van der Waals surface area contributed by atoms with E-state index >= 15 is 0 Å². The molecule has 0 radical (unpaired) electrons. The molecule has 5 heteroatoms. The zero-order chi connectivity index (χ0) is 14.7. The number of hydrogen-bond donors (Lipinski definition) is 0. The van der Waals surface area contributed by atoms with Crippen LogP contribution < -0.4 is 0 Å². The van der Waals surface area contributed by atoms with E-state index in [1.165, 1.54) is 17.1 Å². The van der Waals surface area contributed by atoms with Crippen LogP contribution in [0.25, 0.3) is 0 Å². The normalized spacial score (nSPS) is 19.8. The summed E-state index contributed by atoms with van der Waals surface area (Å²) in [7, 11) is 0. The topological polar surface area (TPSA) is 25.4 Å². The van der Waals surface area contributed by atoms with E-state index < -0.39 is 0 Å². The van der Waals surface area contributed by atoms with Crippen LogP contribution in [0, 0.1) is 5.82 Å². The summed E-state index contributed by atoms with van der Waals surface area (Å²) in [5.41, 5.74) is 2.17. The molecule has 1 aromatic heterocycles. The van der Waals surface area contributed by atoms with E-state index in [0.29, 0.717) is 6.61 Å². The third-order valence-corrected chi connectivity index (χ3v) is 4.72. The summed E-state index contributed by atoms with van der Waals surface area (Å²) < 4.78 is 18.8. The van der Waals surface area contributed by atoms with Gasteiger partial charge in [0.05, 0.1) is 23.4 Å². The van der Waals surface area contributed by atoms with Crippen LogP contribution in [0.5, 0.6) is 0 Å². The van der Waals surface area contributed by atoms with E-state index in [0.717, 1.165) is 37.3 Å². The van der Waals surface area contributed by atoms with Crippen LogP contribution >= 0.6 is 11.3 Å². The second-order valence-corrected chi connectivity index (χ2v) is 6.17. The summed E-state index contributed by atoms with van der Waals surface area (Å²) in [6, 6.07) is 6.60. The summed E-state index contributed by atoms with van der Waals surface area (Å²) in [6.07, 6.45) is 1.01. The predicted octanol–water partition coefficient (Wildman–Crippen LogP) is 3.42. The zero-order valence-electron chi connectivity index (χ0n) is 12.1. The molecule has 0 bridgehead atoms. The smallest absolute Gasteiger partial charge is 0.123 e. The average molecular weight is 306 g/mol. The summed E-state index contributed by atoms with van der Waals surface area (Å²) in [6.45, 7) is 5.42. The minimum atomic E-state index is -0.207. The Morgan fingerprint density at radius 1 is 1.38 bits per heavy atom. The van der Waals surface area contributed by atoms with E-state index in [9.17, 15) is 4.39 Å². The molecule has 0 spiro atoms. The lowest BCUT2D eigenvalue weighted by Gasteiger charge is -2.32. The van der Waals surface area contributed by atoms with Crippen molar-refractivity contribution in [3.8, 4) is 0 Å². The molecule has 1 saturated heterocycles. The maximum absolute atomic E-state index is 13.0. The van der Waals surface area contributed by atoms with Gasteiger partial charge in [-0.05, 0) is 24.1 Å². The third kappa shape index (κ3) is 3.67. The fourth-order valence-corrected chi connectivity index (χ4v) is 3.27. The van der Waals surface area contributed by atoms with Gasteiger partial charge in [-0.2, -0.15) is 0 Å². The van der Waals surface area contributed by atoms with Gasteiger partial charge in [-0.1, -0.05) is 19.1 Å². The van der Waals surface area contributed by atoms with Crippen molar-refractivity contribution >= 4 is 11.3 Å². The van der Waals surface area contributed by atoms with Crippen LogP contribution in [0.4, 0.5) is 4.39 Å². The van der Waals surface area contributed by atoms with Gasteiger partial charge < -0.3 is 4.74 Å². The first-order valence-electron chi connectivity index (χ1n) is 7.27. The minimum absolute atomic E-state index is 0.0173. The molecule has 1 aliphatic rings. The molecule has 2 heterocycles. The summed E-state index contributed by atoms with van der Waals surface area (Å²) in [5, 5.41) is 3.33. The van der Waals surface area contributed by atoms with Crippen molar-refractivity contribution in [2.45, 2.75) is 26.0 Å². The minimum Gasteiger partial charge on any atom is -0.371 e. The third-order valence-electron chi connectivity index (χ3n) is 3.68. The fraction of sp³-hybridized carbons (Fsp3) is 0.438. The van der Waals surface area contributed by atoms with E-state index in [-0.39, 0.29) is 11.9 Å². The molecule has 0 saturated carbocycles. The maximum atomic E-state index is 13.0. The maximum Gasteiger partial charge on any atom is 0.123 e. The number of halogens is 1. The van der Waals surface area contributed by atoms with Crippen LogP contribution in [0.15, 0.2) is 29.6 Å². The van der Waals surface area contributed by atoms with Crippen molar-refractivity contribution in [2.24, 2.45) is 0 Å². The van der Waals surface area contributed by atoms with Crippen LogP contribution in [0.3, 0.4) is 0 Å². The van der Waals surface area contributed by atoms with Crippen LogP contribution in [0.1, 0.15) is 29.3 Å². The molecule has 1 aromatic carbocycles. The second kappa shape index (κ2) is 6.64. The number of ether oxygens (including phenoxy) is 1. The van der Waals surface area contributed by atoms with Crippen molar-refractivity contribution in [3.05, 3.63) is 51.7 Å². The molecule has 1 aliphatic heterocycles. The SMILES string of the molecule is CCc1nc(CN2CCO[C@@H](c3ccc(F)cc3)C2)cs1. The van der Waals surface area contributed by atoms with Crippen LogP contribution in [-0.4, -0.2) is 29.6 Å². The Labute approximate surface area is 128 Å². The molecule has 1 fully saturated rings. The first-order chi connectivity index (χ1) is 10.2. The van der Waals surface area contributed by atoms with Crippen molar-refractivity contribution in [3.63, 3.8) is 0 Å². The Balaban J connectivity index is 1.63. The van der Waals surface area contributed by atoms with E-state index in [1.807, 2.05) is 12.1 Å². The monoisotopic (exact) mass is 306 g/mol. The number of nitrogens with zero attached hydrogens (tertiary/aromatic N) is 2. The summed E-state index contributed by atoms with van der Waals surface area (Å²) in [4.78, 5) is 6.97. The number of morpholine rings is 1. The molecular formula is C16H19FN2OS. The first kappa shape index (κ1) is 14.6. The predicted molar refractivity (Wildman–Crippen MR) is 81.9 cm³/mol. The van der Waals surface area contributed by atoms with Crippen LogP contribution in [0.2, 0.25) is 0 Å². The number of hydrogen-bond acceptors (Lipinski definition) is 4. The molecule has 0 N–H and O–H groups in total. The van der Waals surface area contributed by atoms with Crippen molar-refractivity contribution in [1.82, 2.24) is 9.88 Å². The Hall–Kier alpha value is -1.30. The molecule has 3 nitrogen and oxygen atoms in total. The largest absolute Gasteiger partial charge is 0.371 e. The van der Waals surface area contributed by atoms with Gasteiger partial charge in [0.1, 0.15) is 5.82 Å². The second-order valence-electron chi connectivity index (χ2n) is 5.23. The summed E-state index contributed by atoms with van der Waals surface area (Å²) >= 11 is 1.73. The standard InChI is InChI=1S/C16H19FN2OS/c1-2-16-18-14(11-21-16)9-19-7-8-20-15(10-19)12-3-5-13(17)6-4-12/h3-6,11,15H,2,7-10H2,1H3/t15-/m1/s1. The van der Waals surface area contributed by atoms with Gasteiger partial charge in [0.15, 0.2) is 0 Å². The van der Waals surface area contributed by atoms with Gasteiger partial charge in [0, 0.05) is 25.0 Å². The lowest BCUT2D eigenvalue weighted by atomic mass is 10.1. The zero-order valence-corrected chi connectivity index (χ0v) is 12.9. The molecule has 3 rings (SSSR count). The molecule has 0 aliphatic carbocycles. The first-order valence-corrected chi connectivity index (χ1v) is 8.15. The van der Waals surface area contributed by atoms with Gasteiger partial charge in [0.25, 0.3) is 0 Å². The highest BCUT2D eigenvalue weighted by atomic mass is 32.1. The molecule has 21 heavy (non-hydrogen) atoms. The Kier molecular flexibility index (Phi) is 4.63. The highest BCUT2D eigenvalue weighted by Crippen LogP contribution is 2.23. The van der Waals surface area contributed by atoms with E-state index in [1.54, 1.807) is 11.3 Å². The molecule has 0 amide bonds. The highest BCUT2D eigenvalue weighted by molar-refractivity contribution is 7.09. The molecule has 0 unspecified atom stereocenters. The van der Waals surface area contributed by atoms with Crippen LogP contribution in [-0.2, 0) is 17.7 Å². The number of rotatable bonds is 4. The van der Waals surface area contributed by atoms with Gasteiger partial charge in [0.2, 0.25) is 0 Å². The Bertz CT molecular complexity index is 584. The Morgan fingerprint density at radius 2 is 2.19 bits per heavy atom. The summed E-state index contributed by atoms with van der Waals surface area (Å²) in [5.74, 6) is -0.207. The molecular weight excluding hydrogens is 287 g/mol. The van der Waals surface area contributed by atoms with Gasteiger partial charge in [-0.3, -0.25) is 4.90 Å². The lowest BCUT2D eigenvalue weighted by Crippen LogP contribution is -2.37. The number of benzene rings is 1. The highest BCUT2D eigenvalue weighted by Gasteiger charge is 2.22. The lowest BCUT2D eigenvalue weighted by molar-refractivity contribution is -0.0332. The average Bonchev–Trinajstić information content (AvgIpc) is 2.96. The fourth-order valence-electron chi connectivity index (χ4n) is 2.54. The van der Waals surface area contributed by atoms with Gasteiger partial charge >= 0.3 is 0 Å². The van der Waals surface area contributed by atoms with E-state index in [4.69, 9.17) is 4.74 Å². The van der Waals surface area contributed by atoms with Crippen molar-refractivity contribution in [1.29, 1.82) is 0 Å². The van der Waals surface area contributed by atoms with Gasteiger partial charge in [-0.25, -0.2) is 9.37 Å². The molecule has 112 valence electrons. The number of thiazole rings is 1. The molecule has 1 atom stereocenters. The number of aromatic nitrogens is 1. The molecule has 2 aromatic rings. The van der Waals surface area contributed by atoms with Crippen molar-refractivity contribution < 1.29 is 9.13 Å². The van der Waals surface area contributed by atoms with E-state index in [2.05, 4.69) is 22.2 Å². The number of aryl methyl sites for hydroxylation is 1. The van der Waals surface area contributed by atoms with Crippen molar-refractivity contribution in [2.75, 3.05) is 19.7 Å². The van der Waals surface area contributed by atoms with Gasteiger partial charge in [-0.15, -0.1) is 11.3 Å².